The molecule has 0 unspecified atom stereocenters. The molecule has 0 aliphatic rings. The summed E-state index contributed by atoms with van der Waals surface area (Å²) in [6, 6.07) is 0. The zero-order valence-corrected chi connectivity index (χ0v) is 11.4. The van der Waals surface area contributed by atoms with Crippen molar-refractivity contribution < 1.29 is 35.1 Å². The second-order valence-corrected chi connectivity index (χ2v) is 2.52. The molecule has 0 saturated heterocycles. The molecule has 8 heteroatoms. The average Bonchev–Trinajstić information content (AvgIpc) is 2.24. The minimum absolute atomic E-state index is 0. The summed E-state index contributed by atoms with van der Waals surface area (Å²) in [4.78, 5) is 16.5. The van der Waals surface area contributed by atoms with Gasteiger partial charge in [0.15, 0.2) is 0 Å². The SMILES string of the molecule is CCC(CO)(CO)CO.O=C[O-].O=C[O-].[Ca+2]. The Balaban J connectivity index is -0.0000000870. The molecule has 0 aliphatic carbocycles. The van der Waals surface area contributed by atoms with Crippen molar-refractivity contribution in [3.05, 3.63) is 0 Å². The van der Waals surface area contributed by atoms with Crippen LogP contribution in [0, 0.1) is 5.41 Å². The molecule has 0 heterocycles. The van der Waals surface area contributed by atoms with E-state index in [0.29, 0.717) is 6.42 Å². The topological polar surface area (TPSA) is 141 Å². The van der Waals surface area contributed by atoms with Gasteiger partial charge in [-0.15, -0.1) is 0 Å². The van der Waals surface area contributed by atoms with Gasteiger partial charge in [-0.25, -0.2) is 0 Å². The van der Waals surface area contributed by atoms with E-state index in [2.05, 4.69) is 0 Å². The van der Waals surface area contributed by atoms with Crippen LogP contribution in [0.25, 0.3) is 0 Å². The molecule has 0 rings (SSSR count). The number of carboxylic acid groups (broad SMARTS) is 2. The zero-order valence-electron chi connectivity index (χ0n) is 9.16. The molecule has 0 aliphatic heterocycles. The van der Waals surface area contributed by atoms with Crippen LogP contribution in [0.2, 0.25) is 0 Å². The van der Waals surface area contributed by atoms with Gasteiger partial charge < -0.3 is 35.1 Å². The number of carbonyl (C=O) groups is 2. The Hall–Kier alpha value is 0.0797. The van der Waals surface area contributed by atoms with E-state index in [4.69, 9.17) is 35.1 Å². The van der Waals surface area contributed by atoms with Crippen LogP contribution in [0.5, 0.6) is 0 Å². The molecule has 16 heavy (non-hydrogen) atoms. The minimum Gasteiger partial charge on any atom is -0.554 e. The fraction of sp³-hybridized carbons (Fsp3) is 0.750. The first-order valence-electron chi connectivity index (χ1n) is 4.01. The number of aliphatic hydroxyl groups is 3. The maximum atomic E-state index is 8.66. The molecule has 0 amide bonds. The molecule has 3 N–H and O–H groups in total. The smallest absolute Gasteiger partial charge is 0.554 e. The molecule has 0 atom stereocenters. The summed E-state index contributed by atoms with van der Waals surface area (Å²) in [6.07, 6.45) is 0.594. The normalized spacial score (nSPS) is 8.25. The first kappa shape index (κ1) is 25.1. The van der Waals surface area contributed by atoms with Crippen molar-refractivity contribution in [1.29, 1.82) is 0 Å². The summed E-state index contributed by atoms with van der Waals surface area (Å²) in [5, 5.41) is 42.5. The van der Waals surface area contributed by atoms with E-state index < -0.39 is 18.4 Å². The monoisotopic (exact) mass is 264 g/mol. The molecule has 0 spiro atoms. The number of rotatable bonds is 4. The number of carbonyl (C=O) groups excluding carboxylic acids is 2. The van der Waals surface area contributed by atoms with Crippen LogP contribution in [0.15, 0.2) is 0 Å². The number of hydrogen-bond acceptors (Lipinski definition) is 7. The predicted octanol–water partition coefficient (Wildman–Crippen LogP) is -4.29. The Morgan fingerprint density at radius 2 is 1.19 bits per heavy atom. The zero-order chi connectivity index (χ0) is 12.7. The summed E-state index contributed by atoms with van der Waals surface area (Å²) in [5.74, 6) is 0. The van der Waals surface area contributed by atoms with Crippen LogP contribution in [0.4, 0.5) is 0 Å². The summed E-state index contributed by atoms with van der Waals surface area (Å²) < 4.78 is 0. The van der Waals surface area contributed by atoms with Crippen molar-refractivity contribution in [1.82, 2.24) is 0 Å². The van der Waals surface area contributed by atoms with E-state index in [-0.39, 0.29) is 57.6 Å². The predicted molar refractivity (Wildman–Crippen MR) is 51.9 cm³/mol. The standard InChI is InChI=1S/C6H14O3.2CH2O2.Ca/c1-2-6(3-7,4-8)5-9;2*2-1-3;/h7-9H,2-5H2,1H3;2*1H,(H,2,3);/q;;;+2/p-2. The maximum Gasteiger partial charge on any atom is 2.00 e. The molecule has 0 aromatic carbocycles. The Bertz CT molecular complexity index is 115. The largest absolute Gasteiger partial charge is 2.00 e. The summed E-state index contributed by atoms with van der Waals surface area (Å²) in [6.45, 7) is 0.353. The van der Waals surface area contributed by atoms with Crippen LogP contribution < -0.4 is 10.2 Å². The first-order chi connectivity index (χ1) is 7.07. The van der Waals surface area contributed by atoms with Gasteiger partial charge >= 0.3 is 37.7 Å². The van der Waals surface area contributed by atoms with Crippen molar-refractivity contribution in [3.63, 3.8) is 0 Å². The van der Waals surface area contributed by atoms with Crippen molar-refractivity contribution in [2.45, 2.75) is 13.3 Å². The van der Waals surface area contributed by atoms with E-state index >= 15 is 0 Å². The first-order valence-corrected chi connectivity index (χ1v) is 4.01. The van der Waals surface area contributed by atoms with Crippen LogP contribution in [-0.2, 0) is 9.59 Å². The second kappa shape index (κ2) is 20.5. The van der Waals surface area contributed by atoms with Gasteiger partial charge in [0.1, 0.15) is 0 Å². The average molecular weight is 264 g/mol. The van der Waals surface area contributed by atoms with Gasteiger partial charge in [0, 0.05) is 18.4 Å². The van der Waals surface area contributed by atoms with Crippen molar-refractivity contribution in [2.24, 2.45) is 5.41 Å². The third kappa shape index (κ3) is 16.5. The van der Waals surface area contributed by atoms with Gasteiger partial charge in [-0.2, -0.15) is 0 Å². The molecular formula is C8H16CaO7. The number of hydrogen-bond donors (Lipinski definition) is 3. The fourth-order valence-corrected chi connectivity index (χ4v) is 0.485. The van der Waals surface area contributed by atoms with E-state index in [1.54, 1.807) is 0 Å². The van der Waals surface area contributed by atoms with Crippen LogP contribution in [0.1, 0.15) is 13.3 Å². The number of aliphatic hydroxyl groups excluding tert-OH is 3. The van der Waals surface area contributed by atoms with E-state index in [9.17, 15) is 0 Å². The molecule has 0 aromatic rings. The Morgan fingerprint density at radius 1 is 1.00 bits per heavy atom. The summed E-state index contributed by atoms with van der Waals surface area (Å²) >= 11 is 0. The van der Waals surface area contributed by atoms with Crippen molar-refractivity contribution >= 4 is 50.7 Å². The quantitative estimate of drug-likeness (QED) is 0.344. The summed E-state index contributed by atoms with van der Waals surface area (Å²) in [5.41, 5.74) is -0.667. The van der Waals surface area contributed by atoms with Crippen LogP contribution >= 0.6 is 0 Å². The molecular weight excluding hydrogens is 248 g/mol. The molecule has 7 nitrogen and oxygen atoms in total. The Morgan fingerprint density at radius 3 is 1.19 bits per heavy atom. The molecule has 0 saturated carbocycles. The van der Waals surface area contributed by atoms with Crippen LogP contribution in [0.3, 0.4) is 0 Å². The Kier molecular flexibility index (Phi) is 32.1. The third-order valence-corrected chi connectivity index (χ3v) is 1.76. The van der Waals surface area contributed by atoms with Crippen molar-refractivity contribution in [3.8, 4) is 0 Å². The van der Waals surface area contributed by atoms with E-state index in [1.807, 2.05) is 6.92 Å². The van der Waals surface area contributed by atoms with Gasteiger partial charge in [0.25, 0.3) is 0 Å². The minimum atomic E-state index is -0.667. The van der Waals surface area contributed by atoms with Gasteiger partial charge in [0.2, 0.25) is 0 Å². The maximum absolute atomic E-state index is 8.66. The fourth-order valence-electron chi connectivity index (χ4n) is 0.485. The molecule has 92 valence electrons. The van der Waals surface area contributed by atoms with Gasteiger partial charge in [-0.3, -0.25) is 0 Å². The van der Waals surface area contributed by atoms with Crippen LogP contribution in [-0.4, -0.2) is 85.8 Å². The van der Waals surface area contributed by atoms with Gasteiger partial charge in [0.05, 0.1) is 19.8 Å². The summed E-state index contributed by atoms with van der Waals surface area (Å²) in [7, 11) is 0. The van der Waals surface area contributed by atoms with E-state index in [1.165, 1.54) is 0 Å². The Labute approximate surface area is 124 Å². The van der Waals surface area contributed by atoms with Gasteiger partial charge in [-0.1, -0.05) is 6.92 Å². The molecule has 0 fully saturated rings. The van der Waals surface area contributed by atoms with Gasteiger partial charge in [-0.05, 0) is 6.42 Å². The van der Waals surface area contributed by atoms with Crippen molar-refractivity contribution in [2.75, 3.05) is 19.8 Å². The molecule has 0 radical (unpaired) electrons. The second-order valence-electron chi connectivity index (χ2n) is 2.52. The third-order valence-electron chi connectivity index (χ3n) is 1.76. The molecule has 0 aromatic heterocycles. The van der Waals surface area contributed by atoms with E-state index in [0.717, 1.165) is 0 Å². The molecule has 0 bridgehead atoms.